The maximum Gasteiger partial charge on any atom is 0.314 e. The first-order valence-corrected chi connectivity index (χ1v) is 7.22. The summed E-state index contributed by atoms with van der Waals surface area (Å²) in [5.74, 6) is -0.742. The second-order valence-corrected chi connectivity index (χ2v) is 10.1. The van der Waals surface area contributed by atoms with Crippen LogP contribution < -0.4 is 0 Å². The van der Waals surface area contributed by atoms with E-state index in [-0.39, 0.29) is 4.45 Å². The van der Waals surface area contributed by atoms with E-state index in [1.807, 2.05) is 19.6 Å². The molecule has 1 N–H and O–H groups in total. The molecule has 0 aromatic heterocycles. The van der Waals surface area contributed by atoms with Crippen molar-refractivity contribution in [2.75, 3.05) is 0 Å². The van der Waals surface area contributed by atoms with Crippen LogP contribution in [-0.4, -0.2) is 23.6 Å². The molecule has 0 aromatic rings. The Kier molecular flexibility index (Phi) is 2.89. The number of aliphatic carboxylic acids is 1. The number of carboxylic acids is 1. The number of hydrogen-bond acceptors (Lipinski definition) is 1. The smallest absolute Gasteiger partial charge is 0.314 e. The fourth-order valence-corrected chi connectivity index (χ4v) is 1.11. The van der Waals surface area contributed by atoms with Crippen LogP contribution in [-0.2, 0) is 4.79 Å². The van der Waals surface area contributed by atoms with Gasteiger partial charge in [-0.15, -0.1) is 0 Å². The van der Waals surface area contributed by atoms with Crippen LogP contribution in [0.4, 0.5) is 0 Å². The summed E-state index contributed by atoms with van der Waals surface area (Å²) in [6.45, 7) is 6.04. The quantitative estimate of drug-likeness (QED) is 0.557. The summed E-state index contributed by atoms with van der Waals surface area (Å²) in [7, 11) is -1.51. The summed E-state index contributed by atoms with van der Waals surface area (Å²) in [5, 5.41) is 8.51. The second-order valence-electron chi connectivity index (χ2n) is 3.07. The zero-order chi connectivity index (χ0) is 7.65. The third kappa shape index (κ3) is 3.00. The van der Waals surface area contributed by atoms with E-state index < -0.39 is 14.0 Å². The number of alkyl halides is 1. The van der Waals surface area contributed by atoms with E-state index in [1.165, 1.54) is 0 Å². The molecule has 2 nitrogen and oxygen atoms in total. The molecule has 1 unspecified atom stereocenters. The molecule has 9 heavy (non-hydrogen) atoms. The van der Waals surface area contributed by atoms with Crippen molar-refractivity contribution in [3.63, 3.8) is 0 Å². The molecule has 0 saturated carbocycles. The van der Waals surface area contributed by atoms with Crippen molar-refractivity contribution in [1.82, 2.24) is 0 Å². The van der Waals surface area contributed by atoms with E-state index in [2.05, 4.69) is 15.9 Å². The van der Waals surface area contributed by atoms with Gasteiger partial charge in [-0.2, -0.15) is 0 Å². The van der Waals surface area contributed by atoms with E-state index in [9.17, 15) is 4.79 Å². The lowest BCUT2D eigenvalue weighted by molar-refractivity contribution is -0.134. The van der Waals surface area contributed by atoms with Crippen LogP contribution in [0.3, 0.4) is 0 Å². The lowest BCUT2D eigenvalue weighted by Gasteiger charge is -2.18. The van der Waals surface area contributed by atoms with Gasteiger partial charge < -0.3 is 5.11 Å². The Morgan fingerprint density at radius 3 is 1.89 bits per heavy atom. The normalized spacial score (nSPS) is 15.1. The maximum absolute atomic E-state index is 10.3. The number of hydrogen-bond donors (Lipinski definition) is 1. The standard InChI is InChI=1S/C5H11BrO2Si/c1-9(2,3)4(6)5(7)8/h4H,1-3H3,(H,7,8). The minimum Gasteiger partial charge on any atom is -0.481 e. The third-order valence-electron chi connectivity index (χ3n) is 0.977. The Hall–Kier alpha value is 0.167. The fourth-order valence-electron chi connectivity index (χ4n) is 0.370. The van der Waals surface area contributed by atoms with Gasteiger partial charge in [-0.05, 0) is 0 Å². The predicted molar refractivity (Wildman–Crippen MR) is 43.7 cm³/mol. The van der Waals surface area contributed by atoms with Crippen LogP contribution in [0.2, 0.25) is 19.6 Å². The van der Waals surface area contributed by atoms with Crippen LogP contribution in [0.5, 0.6) is 0 Å². The molecule has 0 heterocycles. The van der Waals surface area contributed by atoms with Crippen LogP contribution in [0.15, 0.2) is 0 Å². The summed E-state index contributed by atoms with van der Waals surface area (Å²) >= 11 is 3.12. The molecule has 0 saturated heterocycles. The van der Waals surface area contributed by atoms with Crippen LogP contribution >= 0.6 is 15.9 Å². The molecule has 4 heteroatoms. The molecule has 0 spiro atoms. The van der Waals surface area contributed by atoms with Crippen molar-refractivity contribution in [2.24, 2.45) is 0 Å². The van der Waals surface area contributed by atoms with Gasteiger partial charge in [-0.25, -0.2) is 0 Å². The summed E-state index contributed by atoms with van der Waals surface area (Å²) in [5.41, 5.74) is 0. The first-order valence-electron chi connectivity index (χ1n) is 2.72. The molecule has 0 aromatic carbocycles. The van der Waals surface area contributed by atoms with Crippen molar-refractivity contribution >= 4 is 30.0 Å². The van der Waals surface area contributed by atoms with Gasteiger partial charge in [0.15, 0.2) is 0 Å². The van der Waals surface area contributed by atoms with Gasteiger partial charge in [0, 0.05) is 0 Å². The molecular weight excluding hydrogens is 200 g/mol. The zero-order valence-corrected chi connectivity index (χ0v) is 8.40. The largest absolute Gasteiger partial charge is 0.481 e. The average Bonchev–Trinajstić information content (AvgIpc) is 1.62. The highest BCUT2D eigenvalue weighted by atomic mass is 79.9. The van der Waals surface area contributed by atoms with Gasteiger partial charge in [0.1, 0.15) is 4.45 Å². The SMILES string of the molecule is C[Si](C)(C)C(Br)C(=O)O. The summed E-state index contributed by atoms with van der Waals surface area (Å²) in [6, 6.07) is 0. The van der Waals surface area contributed by atoms with Gasteiger partial charge in [0.2, 0.25) is 0 Å². The van der Waals surface area contributed by atoms with Crippen LogP contribution in [0, 0.1) is 0 Å². The molecule has 0 radical (unpaired) electrons. The Balaban J connectivity index is 4.04. The second kappa shape index (κ2) is 2.83. The minimum atomic E-state index is -1.51. The first kappa shape index (κ1) is 9.17. The number of carbonyl (C=O) groups is 1. The minimum absolute atomic E-state index is 0.315. The van der Waals surface area contributed by atoms with Gasteiger partial charge in [-0.1, -0.05) is 35.6 Å². The van der Waals surface area contributed by atoms with Crippen LogP contribution in [0.25, 0.3) is 0 Å². The van der Waals surface area contributed by atoms with E-state index in [0.717, 1.165) is 0 Å². The first-order chi connectivity index (χ1) is 3.85. The van der Waals surface area contributed by atoms with E-state index in [4.69, 9.17) is 5.11 Å². The van der Waals surface area contributed by atoms with E-state index in [0.29, 0.717) is 0 Å². The Labute approximate surface area is 64.4 Å². The fraction of sp³-hybridized carbons (Fsp3) is 0.800. The Morgan fingerprint density at radius 1 is 1.56 bits per heavy atom. The highest BCUT2D eigenvalue weighted by Gasteiger charge is 2.29. The molecule has 0 amide bonds. The number of halogens is 1. The summed E-state index contributed by atoms with van der Waals surface area (Å²) < 4.78 is -0.315. The molecule has 0 aliphatic carbocycles. The molecule has 0 aliphatic rings. The van der Waals surface area contributed by atoms with Gasteiger partial charge in [-0.3, -0.25) is 4.79 Å². The monoisotopic (exact) mass is 210 g/mol. The molecule has 0 aliphatic heterocycles. The molecule has 54 valence electrons. The lowest BCUT2D eigenvalue weighted by Crippen LogP contribution is -2.39. The molecule has 0 rings (SSSR count). The topological polar surface area (TPSA) is 37.3 Å². The predicted octanol–water partition coefficient (Wildman–Crippen LogP) is 1.71. The maximum atomic E-state index is 10.3. The number of carboxylic acid groups (broad SMARTS) is 1. The highest BCUT2D eigenvalue weighted by molar-refractivity contribution is 9.10. The summed E-state index contributed by atoms with van der Waals surface area (Å²) in [6.07, 6.45) is 0. The van der Waals surface area contributed by atoms with Gasteiger partial charge >= 0.3 is 5.97 Å². The molecule has 1 atom stereocenters. The van der Waals surface area contributed by atoms with Crippen molar-refractivity contribution in [1.29, 1.82) is 0 Å². The molecular formula is C5H11BrO2Si. The Bertz CT molecular complexity index is 119. The van der Waals surface area contributed by atoms with Crippen molar-refractivity contribution in [2.45, 2.75) is 24.1 Å². The van der Waals surface area contributed by atoms with Crippen molar-refractivity contribution in [3.05, 3.63) is 0 Å². The van der Waals surface area contributed by atoms with Crippen LogP contribution in [0.1, 0.15) is 0 Å². The van der Waals surface area contributed by atoms with Crippen molar-refractivity contribution in [3.8, 4) is 0 Å². The average molecular weight is 211 g/mol. The third-order valence-corrected chi connectivity index (χ3v) is 7.26. The Morgan fingerprint density at radius 2 is 1.89 bits per heavy atom. The number of rotatable bonds is 2. The zero-order valence-electron chi connectivity index (χ0n) is 5.81. The van der Waals surface area contributed by atoms with Crippen molar-refractivity contribution < 1.29 is 9.90 Å². The lowest BCUT2D eigenvalue weighted by atomic mass is 10.8. The van der Waals surface area contributed by atoms with Gasteiger partial charge in [0.05, 0.1) is 8.07 Å². The highest BCUT2D eigenvalue weighted by Crippen LogP contribution is 2.15. The van der Waals surface area contributed by atoms with E-state index in [1.54, 1.807) is 0 Å². The summed E-state index contributed by atoms with van der Waals surface area (Å²) in [4.78, 5) is 10.3. The molecule has 0 bridgehead atoms. The van der Waals surface area contributed by atoms with Gasteiger partial charge in [0.25, 0.3) is 0 Å². The van der Waals surface area contributed by atoms with E-state index >= 15 is 0 Å². The molecule has 0 fully saturated rings.